The number of halogens is 1. The zero-order valence-electron chi connectivity index (χ0n) is 8.59. The Kier molecular flexibility index (Phi) is 2.38. The maximum absolute atomic E-state index is 5.80. The molecule has 3 rings (SSSR count). The molecule has 3 aromatic rings. The van der Waals surface area contributed by atoms with E-state index in [4.69, 9.17) is 16.3 Å². The van der Waals surface area contributed by atoms with E-state index in [0.29, 0.717) is 22.8 Å². The SMILES string of the molecule is Clc1nc(Oc2ccccc2)c2nc[nH]c2n1. The van der Waals surface area contributed by atoms with Crippen molar-refractivity contribution in [3.8, 4) is 11.6 Å². The molecule has 1 N–H and O–H groups in total. The van der Waals surface area contributed by atoms with Crippen molar-refractivity contribution in [3.05, 3.63) is 41.9 Å². The minimum atomic E-state index is 0.118. The molecule has 17 heavy (non-hydrogen) atoms. The van der Waals surface area contributed by atoms with Crippen molar-refractivity contribution in [1.29, 1.82) is 0 Å². The topological polar surface area (TPSA) is 63.7 Å². The van der Waals surface area contributed by atoms with Gasteiger partial charge in [0, 0.05) is 0 Å². The summed E-state index contributed by atoms with van der Waals surface area (Å²) in [7, 11) is 0. The minimum absolute atomic E-state index is 0.118. The second-order valence-electron chi connectivity index (χ2n) is 3.31. The number of nitrogens with zero attached hydrogens (tertiary/aromatic N) is 3. The molecule has 84 valence electrons. The number of aromatic nitrogens is 4. The highest BCUT2D eigenvalue weighted by atomic mass is 35.5. The van der Waals surface area contributed by atoms with Gasteiger partial charge in [-0.2, -0.15) is 9.97 Å². The summed E-state index contributed by atoms with van der Waals surface area (Å²) in [6.45, 7) is 0. The molecule has 5 nitrogen and oxygen atoms in total. The summed E-state index contributed by atoms with van der Waals surface area (Å²) in [5, 5.41) is 0.118. The van der Waals surface area contributed by atoms with E-state index >= 15 is 0 Å². The number of ether oxygens (including phenoxy) is 1. The third-order valence-corrected chi connectivity index (χ3v) is 2.35. The van der Waals surface area contributed by atoms with Crippen molar-refractivity contribution in [1.82, 2.24) is 19.9 Å². The number of rotatable bonds is 2. The first-order valence-corrected chi connectivity index (χ1v) is 5.30. The smallest absolute Gasteiger partial charge is 0.252 e. The molecule has 0 bridgehead atoms. The highest BCUT2D eigenvalue weighted by Crippen LogP contribution is 2.25. The van der Waals surface area contributed by atoms with Crippen LogP contribution in [0, 0.1) is 0 Å². The van der Waals surface area contributed by atoms with Gasteiger partial charge in [0.05, 0.1) is 6.33 Å². The van der Waals surface area contributed by atoms with Crippen LogP contribution in [0.1, 0.15) is 0 Å². The van der Waals surface area contributed by atoms with E-state index in [9.17, 15) is 0 Å². The molecule has 0 aliphatic carbocycles. The van der Waals surface area contributed by atoms with Crippen molar-refractivity contribution < 1.29 is 4.74 Å². The van der Waals surface area contributed by atoms with E-state index in [0.717, 1.165) is 0 Å². The van der Waals surface area contributed by atoms with Crippen LogP contribution in [0.2, 0.25) is 5.28 Å². The Balaban J connectivity index is 2.08. The lowest BCUT2D eigenvalue weighted by molar-refractivity contribution is 0.467. The molecule has 0 amide bonds. The molecule has 6 heteroatoms. The number of para-hydroxylation sites is 1. The van der Waals surface area contributed by atoms with Crippen LogP contribution in [-0.2, 0) is 0 Å². The van der Waals surface area contributed by atoms with Crippen LogP contribution < -0.4 is 4.74 Å². The Morgan fingerprint density at radius 3 is 2.76 bits per heavy atom. The van der Waals surface area contributed by atoms with Gasteiger partial charge in [-0.1, -0.05) is 18.2 Å². The summed E-state index contributed by atoms with van der Waals surface area (Å²) in [4.78, 5) is 15.0. The van der Waals surface area contributed by atoms with E-state index in [1.807, 2.05) is 30.3 Å². The van der Waals surface area contributed by atoms with Gasteiger partial charge in [0.15, 0.2) is 11.2 Å². The molecule has 0 saturated heterocycles. The molecule has 2 heterocycles. The van der Waals surface area contributed by atoms with Gasteiger partial charge in [-0.3, -0.25) is 0 Å². The summed E-state index contributed by atoms with van der Waals surface area (Å²) in [6, 6.07) is 9.31. The highest BCUT2D eigenvalue weighted by Gasteiger charge is 2.10. The number of benzene rings is 1. The predicted octanol–water partition coefficient (Wildman–Crippen LogP) is 2.80. The number of hydrogen-bond acceptors (Lipinski definition) is 4. The first-order valence-electron chi connectivity index (χ1n) is 4.92. The van der Waals surface area contributed by atoms with Gasteiger partial charge in [-0.15, -0.1) is 0 Å². The van der Waals surface area contributed by atoms with Crippen LogP contribution in [0.15, 0.2) is 36.7 Å². The lowest BCUT2D eigenvalue weighted by atomic mass is 10.3. The van der Waals surface area contributed by atoms with Gasteiger partial charge in [0.25, 0.3) is 5.88 Å². The van der Waals surface area contributed by atoms with E-state index in [1.54, 1.807) is 0 Å². The Hall–Kier alpha value is -2.14. The predicted molar refractivity (Wildman–Crippen MR) is 63.2 cm³/mol. The molecule has 0 aliphatic heterocycles. The molecule has 2 aromatic heterocycles. The molecular weight excluding hydrogens is 240 g/mol. The van der Waals surface area contributed by atoms with Crippen molar-refractivity contribution >= 4 is 22.8 Å². The molecule has 1 aromatic carbocycles. The normalized spacial score (nSPS) is 10.6. The maximum atomic E-state index is 5.80. The second-order valence-corrected chi connectivity index (χ2v) is 3.65. The average molecular weight is 247 g/mol. The Bertz CT molecular complexity index is 653. The average Bonchev–Trinajstić information content (AvgIpc) is 2.78. The quantitative estimate of drug-likeness (QED) is 0.706. The van der Waals surface area contributed by atoms with Crippen molar-refractivity contribution in [2.75, 3.05) is 0 Å². The molecule has 0 unspecified atom stereocenters. The lowest BCUT2D eigenvalue weighted by Crippen LogP contribution is -1.92. The van der Waals surface area contributed by atoms with Crippen LogP contribution in [-0.4, -0.2) is 19.9 Å². The van der Waals surface area contributed by atoms with Crippen LogP contribution >= 0.6 is 11.6 Å². The molecular formula is C11H7ClN4O. The maximum Gasteiger partial charge on any atom is 0.252 e. The van der Waals surface area contributed by atoms with Crippen molar-refractivity contribution in [2.45, 2.75) is 0 Å². The Labute approximate surface area is 101 Å². The summed E-state index contributed by atoms with van der Waals surface area (Å²) < 4.78 is 5.61. The fraction of sp³-hybridized carbons (Fsp3) is 0. The summed E-state index contributed by atoms with van der Waals surface area (Å²) in [5.41, 5.74) is 1.11. The molecule has 0 spiro atoms. The van der Waals surface area contributed by atoms with Gasteiger partial charge < -0.3 is 9.72 Å². The second kappa shape index (κ2) is 4.03. The van der Waals surface area contributed by atoms with Gasteiger partial charge >= 0.3 is 0 Å². The summed E-state index contributed by atoms with van der Waals surface area (Å²) >= 11 is 5.80. The number of nitrogens with one attached hydrogen (secondary N) is 1. The molecule has 0 atom stereocenters. The minimum Gasteiger partial charge on any atom is -0.437 e. The largest absolute Gasteiger partial charge is 0.437 e. The lowest BCUT2D eigenvalue weighted by Gasteiger charge is -2.04. The molecule has 0 saturated carbocycles. The monoisotopic (exact) mass is 246 g/mol. The van der Waals surface area contributed by atoms with Gasteiger partial charge in [0.2, 0.25) is 5.28 Å². The molecule has 0 radical (unpaired) electrons. The van der Waals surface area contributed by atoms with Crippen molar-refractivity contribution in [3.63, 3.8) is 0 Å². The van der Waals surface area contributed by atoms with Gasteiger partial charge in [-0.25, -0.2) is 4.98 Å². The zero-order chi connectivity index (χ0) is 11.7. The fourth-order valence-corrected chi connectivity index (χ4v) is 1.62. The number of hydrogen-bond donors (Lipinski definition) is 1. The standard InChI is InChI=1S/C11H7ClN4O/c12-11-15-9-8(13-6-14-9)10(16-11)17-7-4-2-1-3-5-7/h1-6H,(H,13,14,15,16). The van der Waals surface area contributed by atoms with Crippen LogP contribution in [0.5, 0.6) is 11.6 Å². The molecule has 0 fully saturated rings. The summed E-state index contributed by atoms with van der Waals surface area (Å²) in [5.74, 6) is 1.01. The van der Waals surface area contributed by atoms with E-state index in [1.165, 1.54) is 6.33 Å². The van der Waals surface area contributed by atoms with Gasteiger partial charge in [0.1, 0.15) is 5.75 Å². The first kappa shape index (κ1) is 10.0. The highest BCUT2D eigenvalue weighted by molar-refractivity contribution is 6.28. The van der Waals surface area contributed by atoms with Crippen LogP contribution in [0.3, 0.4) is 0 Å². The van der Waals surface area contributed by atoms with E-state index < -0.39 is 0 Å². The Morgan fingerprint density at radius 1 is 1.12 bits per heavy atom. The van der Waals surface area contributed by atoms with E-state index in [-0.39, 0.29) is 5.28 Å². The zero-order valence-corrected chi connectivity index (χ0v) is 9.35. The first-order chi connectivity index (χ1) is 8.33. The van der Waals surface area contributed by atoms with Crippen LogP contribution in [0.25, 0.3) is 11.2 Å². The Morgan fingerprint density at radius 2 is 1.94 bits per heavy atom. The number of imidazole rings is 1. The number of aromatic amines is 1. The van der Waals surface area contributed by atoms with E-state index in [2.05, 4.69) is 19.9 Å². The van der Waals surface area contributed by atoms with Gasteiger partial charge in [-0.05, 0) is 23.7 Å². The van der Waals surface area contributed by atoms with Crippen LogP contribution in [0.4, 0.5) is 0 Å². The third-order valence-electron chi connectivity index (χ3n) is 2.18. The fourth-order valence-electron chi connectivity index (χ4n) is 1.45. The number of H-pyrrole nitrogens is 1. The third kappa shape index (κ3) is 1.92. The summed E-state index contributed by atoms with van der Waals surface area (Å²) in [6.07, 6.45) is 1.52. The van der Waals surface area contributed by atoms with Crippen molar-refractivity contribution in [2.24, 2.45) is 0 Å². The number of fused-ring (bicyclic) bond motifs is 1. The molecule has 0 aliphatic rings.